The van der Waals surface area contributed by atoms with E-state index >= 15 is 0 Å². The summed E-state index contributed by atoms with van der Waals surface area (Å²) in [5, 5.41) is 0. The summed E-state index contributed by atoms with van der Waals surface area (Å²) in [4.78, 5) is 4.06. The number of imidazole rings is 1. The maximum absolute atomic E-state index is 12.7. The number of ether oxygens (including phenoxy) is 1. The topological polar surface area (TPSA) is 53.1 Å². The van der Waals surface area contributed by atoms with E-state index in [1.54, 1.807) is 0 Å². The summed E-state index contributed by atoms with van der Waals surface area (Å²) in [5.41, 5.74) is 6.08. The quantitative estimate of drug-likeness (QED) is 0.945. The van der Waals surface area contributed by atoms with Crippen LogP contribution in [0, 0.1) is 0 Å². The molecule has 0 radical (unpaired) electrons. The molecule has 21 heavy (non-hydrogen) atoms. The number of fused-ring (bicyclic) bond motifs is 1. The molecule has 0 spiro atoms. The van der Waals surface area contributed by atoms with Gasteiger partial charge in [0.1, 0.15) is 0 Å². The molecule has 0 bridgehead atoms. The minimum Gasteiger partial charge on any atom is -0.378 e. The van der Waals surface area contributed by atoms with E-state index in [0.29, 0.717) is 12.1 Å². The Kier molecular flexibility index (Phi) is 3.32. The van der Waals surface area contributed by atoms with E-state index < -0.39 is 11.7 Å². The molecule has 0 saturated heterocycles. The number of benzene rings is 1. The molecule has 1 fully saturated rings. The van der Waals surface area contributed by atoms with Gasteiger partial charge in [-0.2, -0.15) is 13.2 Å². The predicted molar refractivity (Wildman–Crippen MR) is 72.8 cm³/mol. The summed E-state index contributed by atoms with van der Waals surface area (Å²) in [7, 11) is 0. The van der Waals surface area contributed by atoms with Crippen LogP contribution >= 0.6 is 0 Å². The first-order valence-corrected chi connectivity index (χ1v) is 6.86. The van der Waals surface area contributed by atoms with Crippen LogP contribution in [0.3, 0.4) is 0 Å². The number of nitrogens with two attached hydrogens (primary N) is 1. The van der Waals surface area contributed by atoms with E-state index in [0.717, 1.165) is 25.0 Å². The van der Waals surface area contributed by atoms with Crippen LogP contribution in [0.5, 0.6) is 0 Å². The van der Waals surface area contributed by atoms with Crippen LogP contribution < -0.4 is 5.73 Å². The molecular weight excluding hydrogens is 283 g/mol. The summed E-state index contributed by atoms with van der Waals surface area (Å²) < 4.78 is 45.4. The molecule has 7 heteroatoms. The first kappa shape index (κ1) is 14.2. The third-order valence-electron chi connectivity index (χ3n) is 3.88. The lowest BCUT2D eigenvalue weighted by atomic mass is 9.89. The maximum atomic E-state index is 12.7. The number of halogens is 3. The Morgan fingerprint density at radius 3 is 2.71 bits per heavy atom. The second-order valence-electron chi connectivity index (χ2n) is 5.24. The molecule has 1 saturated carbocycles. The Morgan fingerprint density at radius 1 is 1.38 bits per heavy atom. The van der Waals surface area contributed by atoms with Crippen molar-refractivity contribution in [3.05, 3.63) is 23.8 Å². The second kappa shape index (κ2) is 4.91. The lowest BCUT2D eigenvalue weighted by molar-refractivity contribution is -0.137. The van der Waals surface area contributed by atoms with Gasteiger partial charge in [-0.05, 0) is 38.0 Å². The zero-order valence-corrected chi connectivity index (χ0v) is 11.5. The number of aromatic nitrogens is 2. The van der Waals surface area contributed by atoms with Gasteiger partial charge in [-0.25, -0.2) is 4.98 Å². The average Bonchev–Trinajstić information content (AvgIpc) is 2.67. The van der Waals surface area contributed by atoms with E-state index in [1.165, 1.54) is 6.07 Å². The molecular formula is C14H16F3N3O. The van der Waals surface area contributed by atoms with Crippen molar-refractivity contribution in [2.24, 2.45) is 0 Å². The summed E-state index contributed by atoms with van der Waals surface area (Å²) in [5.74, 6) is 0.254. The maximum Gasteiger partial charge on any atom is 0.416 e. The fourth-order valence-electron chi connectivity index (χ4n) is 2.80. The zero-order chi connectivity index (χ0) is 15.2. The van der Waals surface area contributed by atoms with E-state index in [2.05, 4.69) is 4.98 Å². The monoisotopic (exact) mass is 299 g/mol. The normalized spacial score (nSPS) is 22.5. The van der Waals surface area contributed by atoms with Crippen molar-refractivity contribution in [1.29, 1.82) is 0 Å². The molecule has 1 aliphatic rings. The minimum absolute atomic E-state index is 0.142. The number of nitrogens with zero attached hydrogens (tertiary/aromatic N) is 2. The van der Waals surface area contributed by atoms with Gasteiger partial charge in [0.05, 0.1) is 22.7 Å². The van der Waals surface area contributed by atoms with Crippen LogP contribution in [0.25, 0.3) is 11.0 Å². The Hall–Kier alpha value is -1.76. The molecule has 0 amide bonds. The predicted octanol–water partition coefficient (Wildman–Crippen LogP) is 3.38. The smallest absolute Gasteiger partial charge is 0.378 e. The standard InChI is InChI=1S/C14H16F3N3O/c1-2-21-10-6-9(7-10)20-12-4-3-8(14(15,16)17)5-11(12)19-13(20)18/h3-5,9-10H,2,6-7H2,1H3,(H2,18,19). The Morgan fingerprint density at radius 2 is 2.10 bits per heavy atom. The van der Waals surface area contributed by atoms with Gasteiger partial charge >= 0.3 is 6.18 Å². The van der Waals surface area contributed by atoms with E-state index in [-0.39, 0.29) is 23.6 Å². The van der Waals surface area contributed by atoms with Crippen LogP contribution in [-0.2, 0) is 10.9 Å². The van der Waals surface area contributed by atoms with Crippen LogP contribution in [-0.4, -0.2) is 22.3 Å². The van der Waals surface area contributed by atoms with Gasteiger partial charge in [-0.1, -0.05) is 0 Å². The molecule has 114 valence electrons. The molecule has 4 nitrogen and oxygen atoms in total. The van der Waals surface area contributed by atoms with Gasteiger partial charge < -0.3 is 15.0 Å². The van der Waals surface area contributed by atoms with Gasteiger partial charge in [0.15, 0.2) is 0 Å². The number of anilines is 1. The Labute approximate surface area is 119 Å². The van der Waals surface area contributed by atoms with Gasteiger partial charge in [-0.3, -0.25) is 0 Å². The first-order valence-electron chi connectivity index (χ1n) is 6.86. The van der Waals surface area contributed by atoms with E-state index in [1.807, 2.05) is 11.5 Å². The van der Waals surface area contributed by atoms with Gasteiger partial charge in [0.2, 0.25) is 5.95 Å². The minimum atomic E-state index is -4.37. The Balaban J connectivity index is 1.92. The number of rotatable bonds is 3. The summed E-state index contributed by atoms with van der Waals surface area (Å²) in [6.45, 7) is 2.60. The largest absolute Gasteiger partial charge is 0.416 e. The Bertz CT molecular complexity index is 659. The molecule has 2 N–H and O–H groups in total. The van der Waals surface area contributed by atoms with Crippen molar-refractivity contribution in [1.82, 2.24) is 9.55 Å². The van der Waals surface area contributed by atoms with Crippen LogP contribution in [0.1, 0.15) is 31.4 Å². The highest BCUT2D eigenvalue weighted by atomic mass is 19.4. The third-order valence-corrected chi connectivity index (χ3v) is 3.88. The highest BCUT2D eigenvalue weighted by Crippen LogP contribution is 2.39. The van der Waals surface area contributed by atoms with Crippen molar-refractivity contribution in [3.8, 4) is 0 Å². The molecule has 3 rings (SSSR count). The van der Waals surface area contributed by atoms with Gasteiger partial charge in [0.25, 0.3) is 0 Å². The van der Waals surface area contributed by atoms with Gasteiger partial charge in [0, 0.05) is 12.6 Å². The average molecular weight is 299 g/mol. The SMILES string of the molecule is CCOC1CC(n2c(N)nc3cc(C(F)(F)F)ccc32)C1. The number of hydrogen-bond donors (Lipinski definition) is 1. The van der Waals surface area contributed by atoms with Gasteiger partial charge in [-0.15, -0.1) is 0 Å². The summed E-state index contributed by atoms with van der Waals surface area (Å²) in [6, 6.07) is 3.69. The van der Waals surface area contributed by atoms with E-state index in [4.69, 9.17) is 10.5 Å². The molecule has 0 atom stereocenters. The summed E-state index contributed by atoms with van der Waals surface area (Å²) in [6.07, 6.45) is -2.55. The van der Waals surface area contributed by atoms with E-state index in [9.17, 15) is 13.2 Å². The second-order valence-corrected chi connectivity index (χ2v) is 5.24. The van der Waals surface area contributed by atoms with Crippen LogP contribution in [0.4, 0.5) is 19.1 Å². The molecule has 1 aromatic heterocycles. The van der Waals surface area contributed by atoms with Crippen molar-refractivity contribution in [2.45, 2.75) is 38.1 Å². The lowest BCUT2D eigenvalue weighted by Crippen LogP contribution is -2.33. The number of hydrogen-bond acceptors (Lipinski definition) is 3. The molecule has 0 aliphatic heterocycles. The molecule has 1 aromatic carbocycles. The number of nitrogen functional groups attached to an aromatic ring is 1. The molecule has 2 aromatic rings. The molecule has 1 aliphatic carbocycles. The highest BCUT2D eigenvalue weighted by Gasteiger charge is 2.34. The summed E-state index contributed by atoms with van der Waals surface area (Å²) >= 11 is 0. The number of alkyl halides is 3. The molecule has 0 unspecified atom stereocenters. The van der Waals surface area contributed by atoms with Crippen molar-refractivity contribution in [3.63, 3.8) is 0 Å². The molecule has 1 heterocycles. The van der Waals surface area contributed by atoms with Crippen LogP contribution in [0.15, 0.2) is 18.2 Å². The van der Waals surface area contributed by atoms with Crippen molar-refractivity contribution in [2.75, 3.05) is 12.3 Å². The van der Waals surface area contributed by atoms with Crippen molar-refractivity contribution < 1.29 is 17.9 Å². The highest BCUT2D eigenvalue weighted by molar-refractivity contribution is 5.79. The fourth-order valence-corrected chi connectivity index (χ4v) is 2.80. The lowest BCUT2D eigenvalue weighted by Gasteiger charge is -2.36. The van der Waals surface area contributed by atoms with Crippen molar-refractivity contribution >= 4 is 17.0 Å². The third kappa shape index (κ3) is 2.46. The fraction of sp³-hybridized carbons (Fsp3) is 0.500. The zero-order valence-electron chi connectivity index (χ0n) is 11.5. The first-order chi connectivity index (χ1) is 9.90. The van der Waals surface area contributed by atoms with Crippen LogP contribution in [0.2, 0.25) is 0 Å².